The van der Waals surface area contributed by atoms with Crippen LogP contribution in [0.4, 0.5) is 0 Å². The van der Waals surface area contributed by atoms with Crippen LogP contribution >= 0.6 is 0 Å². The Balaban J connectivity index is 1.74. The fourth-order valence-corrected chi connectivity index (χ4v) is 7.30. The maximum Gasteiger partial charge on any atom is 0.0861 e. The molecular formula is C19H32O5. The molecule has 4 aliphatic carbocycles. The van der Waals surface area contributed by atoms with Crippen LogP contribution in [0.25, 0.3) is 0 Å². The van der Waals surface area contributed by atoms with Crippen LogP contribution in [0.1, 0.15) is 52.4 Å². The molecule has 4 rings (SSSR count). The molecule has 0 aromatic rings. The first-order valence-electron chi connectivity index (χ1n) is 9.62. The lowest BCUT2D eigenvalue weighted by Crippen LogP contribution is -2.67. The number of hydrogen-bond donors (Lipinski definition) is 5. The van der Waals surface area contributed by atoms with E-state index in [1.807, 2.05) is 0 Å². The fraction of sp³-hybridized carbons (Fsp3) is 1.00. The van der Waals surface area contributed by atoms with Gasteiger partial charge in [-0.25, -0.2) is 0 Å². The smallest absolute Gasteiger partial charge is 0.0861 e. The maximum absolute atomic E-state index is 11.0. The standard InChI is InChI=1S/C19H32O5/c1-18-7-5-10-13(9(18)3-4-12(18)21)16(23)17(24)14-15(22)11(20)6-8-19(10,14)2/h9-17,20-24H,3-8H2,1-2H3/t9-,10-,11-,12+,13-,14+,15+,16+,17+,18-,19+/m0/s1. The van der Waals surface area contributed by atoms with E-state index in [2.05, 4.69) is 13.8 Å². The quantitative estimate of drug-likeness (QED) is 0.446. The van der Waals surface area contributed by atoms with E-state index in [1.54, 1.807) is 0 Å². The van der Waals surface area contributed by atoms with Gasteiger partial charge < -0.3 is 25.5 Å². The molecule has 0 heterocycles. The van der Waals surface area contributed by atoms with Gasteiger partial charge in [0.05, 0.1) is 30.5 Å². The Labute approximate surface area is 143 Å². The van der Waals surface area contributed by atoms with E-state index in [-0.39, 0.29) is 34.7 Å². The zero-order valence-electron chi connectivity index (χ0n) is 14.7. The lowest BCUT2D eigenvalue weighted by molar-refractivity contribution is -0.252. The Morgan fingerprint density at radius 1 is 0.667 bits per heavy atom. The van der Waals surface area contributed by atoms with E-state index in [0.717, 1.165) is 32.1 Å². The van der Waals surface area contributed by atoms with Gasteiger partial charge in [-0.3, -0.25) is 0 Å². The number of rotatable bonds is 0. The molecule has 0 unspecified atom stereocenters. The molecule has 138 valence electrons. The van der Waals surface area contributed by atoms with E-state index in [1.165, 1.54) is 0 Å². The van der Waals surface area contributed by atoms with Crippen molar-refractivity contribution in [2.75, 3.05) is 0 Å². The predicted octanol–water partition coefficient (Wildman–Crippen LogP) is 0.663. The highest BCUT2D eigenvalue weighted by Crippen LogP contribution is 2.66. The van der Waals surface area contributed by atoms with Crippen LogP contribution in [0.3, 0.4) is 0 Å². The Kier molecular flexibility index (Phi) is 3.87. The largest absolute Gasteiger partial charge is 0.393 e. The first-order chi connectivity index (χ1) is 11.2. The second-order valence-corrected chi connectivity index (χ2v) is 9.54. The van der Waals surface area contributed by atoms with Crippen molar-refractivity contribution in [1.82, 2.24) is 0 Å². The summed E-state index contributed by atoms with van der Waals surface area (Å²) in [6, 6.07) is 0. The third-order valence-corrected chi connectivity index (χ3v) is 8.74. The summed E-state index contributed by atoms with van der Waals surface area (Å²) in [7, 11) is 0. The Hall–Kier alpha value is -0.200. The number of aliphatic hydroxyl groups excluding tert-OH is 5. The van der Waals surface area contributed by atoms with Gasteiger partial charge in [-0.15, -0.1) is 0 Å². The molecule has 4 saturated carbocycles. The van der Waals surface area contributed by atoms with Crippen molar-refractivity contribution >= 4 is 0 Å². The lowest BCUT2D eigenvalue weighted by Gasteiger charge is -2.64. The molecule has 0 radical (unpaired) electrons. The minimum atomic E-state index is -1.01. The van der Waals surface area contributed by atoms with Crippen LogP contribution in [0.2, 0.25) is 0 Å². The molecule has 5 heteroatoms. The Bertz CT molecular complexity index is 512. The summed E-state index contributed by atoms with van der Waals surface area (Å²) in [5.41, 5.74) is -0.436. The summed E-state index contributed by atoms with van der Waals surface area (Å²) in [6.45, 7) is 4.27. The molecular weight excluding hydrogens is 308 g/mol. The van der Waals surface area contributed by atoms with Crippen LogP contribution in [0.5, 0.6) is 0 Å². The minimum Gasteiger partial charge on any atom is -0.393 e. The van der Waals surface area contributed by atoms with Gasteiger partial charge in [-0.2, -0.15) is 0 Å². The van der Waals surface area contributed by atoms with Crippen LogP contribution < -0.4 is 0 Å². The maximum atomic E-state index is 11.0. The van der Waals surface area contributed by atoms with Crippen molar-refractivity contribution in [2.45, 2.75) is 82.9 Å². The highest BCUT2D eigenvalue weighted by Gasteiger charge is 2.66. The average molecular weight is 340 g/mol. The molecule has 0 aromatic carbocycles. The zero-order chi connectivity index (χ0) is 17.4. The van der Waals surface area contributed by atoms with E-state index in [9.17, 15) is 25.5 Å². The number of fused-ring (bicyclic) bond motifs is 5. The molecule has 5 nitrogen and oxygen atoms in total. The normalized spacial score (nSPS) is 63.4. The highest BCUT2D eigenvalue weighted by atomic mass is 16.3. The van der Waals surface area contributed by atoms with Crippen molar-refractivity contribution in [3.63, 3.8) is 0 Å². The van der Waals surface area contributed by atoms with Crippen LogP contribution in [0, 0.1) is 34.5 Å². The summed E-state index contributed by atoms with van der Waals surface area (Å²) in [5.74, 6) is -0.0585. The van der Waals surface area contributed by atoms with Crippen molar-refractivity contribution < 1.29 is 25.5 Å². The first kappa shape index (κ1) is 17.2. The van der Waals surface area contributed by atoms with E-state index < -0.39 is 30.3 Å². The van der Waals surface area contributed by atoms with Gasteiger partial charge in [0.1, 0.15) is 0 Å². The van der Waals surface area contributed by atoms with Gasteiger partial charge in [-0.05, 0) is 67.1 Å². The molecule has 5 N–H and O–H groups in total. The van der Waals surface area contributed by atoms with Gasteiger partial charge in [-0.1, -0.05) is 13.8 Å². The van der Waals surface area contributed by atoms with Crippen molar-refractivity contribution in [3.05, 3.63) is 0 Å². The van der Waals surface area contributed by atoms with Gasteiger partial charge in [0.25, 0.3) is 0 Å². The van der Waals surface area contributed by atoms with Gasteiger partial charge in [0.15, 0.2) is 0 Å². The minimum absolute atomic E-state index is 0.0282. The second kappa shape index (κ2) is 5.40. The number of hydrogen-bond acceptors (Lipinski definition) is 5. The molecule has 0 amide bonds. The van der Waals surface area contributed by atoms with Gasteiger partial charge in [0.2, 0.25) is 0 Å². The summed E-state index contributed by atoms with van der Waals surface area (Å²) >= 11 is 0. The monoisotopic (exact) mass is 340 g/mol. The molecule has 0 saturated heterocycles. The molecule has 0 aliphatic heterocycles. The SMILES string of the molecule is C[C@]12CC[C@H](O)[C@@H](O)[C@@H]1[C@@H](O)[C@H](O)[C@@H]1[C@@H]2CC[C@]2(C)[C@H](O)CC[C@@H]12. The molecule has 0 spiro atoms. The van der Waals surface area contributed by atoms with Crippen molar-refractivity contribution in [3.8, 4) is 0 Å². The fourth-order valence-electron chi connectivity index (χ4n) is 7.30. The Morgan fingerprint density at radius 2 is 1.29 bits per heavy atom. The lowest BCUT2D eigenvalue weighted by atomic mass is 9.43. The molecule has 11 atom stereocenters. The molecule has 0 aromatic heterocycles. The molecule has 0 bridgehead atoms. The van der Waals surface area contributed by atoms with Crippen LogP contribution in [0.15, 0.2) is 0 Å². The summed E-state index contributed by atoms with van der Waals surface area (Å²) < 4.78 is 0. The van der Waals surface area contributed by atoms with Gasteiger partial charge in [0, 0.05) is 5.92 Å². The molecule has 4 fully saturated rings. The van der Waals surface area contributed by atoms with E-state index in [0.29, 0.717) is 6.42 Å². The zero-order valence-corrected chi connectivity index (χ0v) is 14.7. The third kappa shape index (κ3) is 1.99. The van der Waals surface area contributed by atoms with E-state index in [4.69, 9.17) is 0 Å². The van der Waals surface area contributed by atoms with Crippen LogP contribution in [-0.4, -0.2) is 56.1 Å². The topological polar surface area (TPSA) is 101 Å². The second-order valence-electron chi connectivity index (χ2n) is 9.54. The van der Waals surface area contributed by atoms with Crippen molar-refractivity contribution in [1.29, 1.82) is 0 Å². The van der Waals surface area contributed by atoms with E-state index >= 15 is 0 Å². The molecule has 4 aliphatic rings. The summed E-state index contributed by atoms with van der Waals surface area (Å²) in [5, 5.41) is 52.9. The predicted molar refractivity (Wildman–Crippen MR) is 87.9 cm³/mol. The van der Waals surface area contributed by atoms with Crippen LogP contribution in [-0.2, 0) is 0 Å². The summed E-state index contributed by atoms with van der Waals surface area (Å²) in [4.78, 5) is 0. The number of aliphatic hydroxyl groups is 5. The first-order valence-corrected chi connectivity index (χ1v) is 9.62. The Morgan fingerprint density at radius 3 is 2.00 bits per heavy atom. The van der Waals surface area contributed by atoms with Crippen molar-refractivity contribution in [2.24, 2.45) is 34.5 Å². The average Bonchev–Trinajstić information content (AvgIpc) is 2.84. The summed E-state index contributed by atoms with van der Waals surface area (Å²) in [6.07, 6.45) is 0.820. The van der Waals surface area contributed by atoms with Gasteiger partial charge >= 0.3 is 0 Å². The molecule has 24 heavy (non-hydrogen) atoms. The highest BCUT2D eigenvalue weighted by molar-refractivity contribution is 5.15. The third-order valence-electron chi connectivity index (χ3n) is 8.74.